The summed E-state index contributed by atoms with van der Waals surface area (Å²) in [6.07, 6.45) is 2.24. The molecule has 5 nitrogen and oxygen atoms in total. The van der Waals surface area contributed by atoms with Gasteiger partial charge in [0, 0.05) is 19.1 Å². The first kappa shape index (κ1) is 12.4. The lowest BCUT2D eigenvalue weighted by Crippen LogP contribution is -2.59. The standard InChI is InChI=1S/C12H20N2O3/c1-8(12(2)3-4-12)14-6-5-13-11(17)9(14)7-10(15)16/h8-9H,3-7H2,1-2H3,(H,13,17)(H,15,16). The summed E-state index contributed by atoms with van der Waals surface area (Å²) in [5, 5.41) is 11.6. The molecule has 0 aromatic heterocycles. The van der Waals surface area contributed by atoms with Crippen molar-refractivity contribution < 1.29 is 14.7 Å². The zero-order valence-corrected chi connectivity index (χ0v) is 10.4. The summed E-state index contributed by atoms with van der Waals surface area (Å²) in [6.45, 7) is 5.69. The first-order chi connectivity index (χ1) is 7.94. The van der Waals surface area contributed by atoms with Gasteiger partial charge in [0.25, 0.3) is 0 Å². The van der Waals surface area contributed by atoms with Gasteiger partial charge in [-0.15, -0.1) is 0 Å². The fourth-order valence-electron chi connectivity index (χ4n) is 2.59. The quantitative estimate of drug-likeness (QED) is 0.748. The minimum atomic E-state index is -0.912. The average molecular weight is 240 g/mol. The Bertz CT molecular complexity index is 339. The predicted molar refractivity (Wildman–Crippen MR) is 62.6 cm³/mol. The summed E-state index contributed by atoms with van der Waals surface area (Å²) in [6, 6.07) is -0.230. The van der Waals surface area contributed by atoms with Gasteiger partial charge in [-0.1, -0.05) is 6.92 Å². The second kappa shape index (κ2) is 4.29. The molecule has 1 amide bonds. The van der Waals surface area contributed by atoms with Crippen molar-refractivity contribution >= 4 is 11.9 Å². The van der Waals surface area contributed by atoms with Crippen LogP contribution in [-0.2, 0) is 9.59 Å². The summed E-state index contributed by atoms with van der Waals surface area (Å²) in [5.41, 5.74) is 0.272. The van der Waals surface area contributed by atoms with E-state index in [2.05, 4.69) is 24.1 Å². The zero-order valence-electron chi connectivity index (χ0n) is 10.4. The Labute approximate surface area is 101 Å². The highest BCUT2D eigenvalue weighted by Crippen LogP contribution is 2.50. The summed E-state index contributed by atoms with van der Waals surface area (Å²) < 4.78 is 0. The summed E-state index contributed by atoms with van der Waals surface area (Å²) in [5.74, 6) is -1.06. The van der Waals surface area contributed by atoms with Crippen LogP contribution in [0.4, 0.5) is 0 Å². The van der Waals surface area contributed by atoms with Crippen LogP contribution in [-0.4, -0.2) is 47.1 Å². The van der Waals surface area contributed by atoms with Crippen LogP contribution in [0.5, 0.6) is 0 Å². The van der Waals surface area contributed by atoms with E-state index in [0.29, 0.717) is 6.54 Å². The van der Waals surface area contributed by atoms with E-state index in [-0.39, 0.29) is 23.8 Å². The number of carbonyl (C=O) groups excluding carboxylic acids is 1. The topological polar surface area (TPSA) is 69.6 Å². The van der Waals surface area contributed by atoms with E-state index in [9.17, 15) is 9.59 Å². The molecule has 1 saturated carbocycles. The summed E-state index contributed by atoms with van der Waals surface area (Å²) >= 11 is 0. The number of amides is 1. The van der Waals surface area contributed by atoms with E-state index in [1.807, 2.05) is 0 Å². The SMILES string of the molecule is CC(N1CCNC(=O)C1CC(=O)O)C1(C)CC1. The molecular weight excluding hydrogens is 220 g/mol. The van der Waals surface area contributed by atoms with Crippen molar-refractivity contribution in [1.29, 1.82) is 0 Å². The van der Waals surface area contributed by atoms with Crippen molar-refractivity contribution in [3.63, 3.8) is 0 Å². The van der Waals surface area contributed by atoms with Gasteiger partial charge in [0.2, 0.25) is 5.91 Å². The van der Waals surface area contributed by atoms with Crippen molar-refractivity contribution in [3.8, 4) is 0 Å². The lowest BCUT2D eigenvalue weighted by Gasteiger charge is -2.41. The molecule has 0 spiro atoms. The molecule has 1 aliphatic carbocycles. The Hall–Kier alpha value is -1.10. The fourth-order valence-corrected chi connectivity index (χ4v) is 2.59. The van der Waals surface area contributed by atoms with Crippen LogP contribution in [0.3, 0.4) is 0 Å². The third kappa shape index (κ3) is 2.44. The molecule has 2 unspecified atom stereocenters. The van der Waals surface area contributed by atoms with Crippen LogP contribution in [0.1, 0.15) is 33.1 Å². The van der Waals surface area contributed by atoms with E-state index in [4.69, 9.17) is 5.11 Å². The molecule has 1 aliphatic heterocycles. The van der Waals surface area contributed by atoms with Crippen LogP contribution in [0.15, 0.2) is 0 Å². The fraction of sp³-hybridized carbons (Fsp3) is 0.833. The smallest absolute Gasteiger partial charge is 0.305 e. The maximum absolute atomic E-state index is 11.8. The third-order valence-corrected chi connectivity index (χ3v) is 4.28. The molecule has 2 atom stereocenters. The molecule has 0 aromatic carbocycles. The summed E-state index contributed by atoms with van der Waals surface area (Å²) in [7, 11) is 0. The number of piperazine rings is 1. The van der Waals surface area contributed by atoms with Gasteiger partial charge in [-0.2, -0.15) is 0 Å². The van der Waals surface area contributed by atoms with Crippen molar-refractivity contribution in [1.82, 2.24) is 10.2 Å². The third-order valence-electron chi connectivity index (χ3n) is 4.28. The van der Waals surface area contributed by atoms with Gasteiger partial charge in [0.1, 0.15) is 0 Å². The monoisotopic (exact) mass is 240 g/mol. The first-order valence-electron chi connectivity index (χ1n) is 6.19. The number of carboxylic acids is 1. The highest BCUT2D eigenvalue weighted by molar-refractivity contribution is 5.86. The number of carbonyl (C=O) groups is 2. The molecule has 17 heavy (non-hydrogen) atoms. The van der Waals surface area contributed by atoms with Crippen LogP contribution in [0, 0.1) is 5.41 Å². The van der Waals surface area contributed by atoms with Gasteiger partial charge < -0.3 is 10.4 Å². The maximum atomic E-state index is 11.8. The van der Waals surface area contributed by atoms with E-state index >= 15 is 0 Å². The van der Waals surface area contributed by atoms with Crippen LogP contribution < -0.4 is 5.32 Å². The summed E-state index contributed by atoms with van der Waals surface area (Å²) in [4.78, 5) is 24.7. The Kier molecular flexibility index (Phi) is 3.12. The minimum Gasteiger partial charge on any atom is -0.481 e. The molecular formula is C12H20N2O3. The van der Waals surface area contributed by atoms with Gasteiger partial charge in [-0.3, -0.25) is 14.5 Å². The lowest BCUT2D eigenvalue weighted by atomic mass is 9.95. The zero-order chi connectivity index (χ0) is 12.6. The molecule has 1 saturated heterocycles. The van der Waals surface area contributed by atoms with E-state index in [0.717, 1.165) is 6.54 Å². The van der Waals surface area contributed by atoms with Crippen molar-refractivity contribution in [2.24, 2.45) is 5.41 Å². The normalized spacial score (nSPS) is 29.5. The van der Waals surface area contributed by atoms with E-state index in [1.54, 1.807) is 0 Å². The second-order valence-electron chi connectivity index (χ2n) is 5.47. The van der Waals surface area contributed by atoms with Crippen molar-refractivity contribution in [3.05, 3.63) is 0 Å². The van der Waals surface area contributed by atoms with Gasteiger partial charge in [-0.25, -0.2) is 0 Å². The number of hydrogen-bond donors (Lipinski definition) is 2. The predicted octanol–water partition coefficient (Wildman–Crippen LogP) is 0.450. The van der Waals surface area contributed by atoms with Gasteiger partial charge >= 0.3 is 5.97 Å². The molecule has 2 fully saturated rings. The highest BCUT2D eigenvalue weighted by Gasteiger charge is 2.48. The van der Waals surface area contributed by atoms with Crippen molar-refractivity contribution in [2.45, 2.75) is 45.2 Å². The van der Waals surface area contributed by atoms with E-state index in [1.165, 1.54) is 12.8 Å². The average Bonchev–Trinajstić information content (AvgIpc) is 2.99. The van der Waals surface area contributed by atoms with Crippen LogP contribution in [0.25, 0.3) is 0 Å². The number of aliphatic carboxylic acids is 1. The van der Waals surface area contributed by atoms with Gasteiger partial charge in [0.05, 0.1) is 12.5 Å². The number of hydrogen-bond acceptors (Lipinski definition) is 3. The minimum absolute atomic E-state index is 0.105. The molecule has 2 rings (SSSR count). The number of nitrogens with one attached hydrogen (secondary N) is 1. The molecule has 96 valence electrons. The molecule has 2 N–H and O–H groups in total. The second-order valence-corrected chi connectivity index (χ2v) is 5.47. The number of carboxylic acid groups (broad SMARTS) is 1. The first-order valence-corrected chi connectivity index (χ1v) is 6.19. The Balaban J connectivity index is 2.11. The number of rotatable bonds is 4. The van der Waals surface area contributed by atoms with Gasteiger partial charge in [0.15, 0.2) is 0 Å². The Morgan fingerprint density at radius 1 is 1.65 bits per heavy atom. The van der Waals surface area contributed by atoms with Crippen LogP contribution >= 0.6 is 0 Å². The maximum Gasteiger partial charge on any atom is 0.305 e. The largest absolute Gasteiger partial charge is 0.481 e. The van der Waals surface area contributed by atoms with Gasteiger partial charge in [-0.05, 0) is 25.2 Å². The lowest BCUT2D eigenvalue weighted by molar-refractivity contribution is -0.144. The molecule has 0 radical (unpaired) electrons. The van der Waals surface area contributed by atoms with E-state index < -0.39 is 12.0 Å². The highest BCUT2D eigenvalue weighted by atomic mass is 16.4. The molecule has 0 bridgehead atoms. The number of nitrogens with zero attached hydrogens (tertiary/aromatic N) is 1. The Morgan fingerprint density at radius 3 is 2.82 bits per heavy atom. The molecule has 0 aromatic rings. The molecule has 2 aliphatic rings. The van der Waals surface area contributed by atoms with Crippen LogP contribution in [0.2, 0.25) is 0 Å². The molecule has 1 heterocycles. The van der Waals surface area contributed by atoms with Crippen molar-refractivity contribution in [2.75, 3.05) is 13.1 Å². The Morgan fingerprint density at radius 2 is 2.29 bits per heavy atom. The molecule has 5 heteroatoms.